The first-order valence-corrected chi connectivity index (χ1v) is 11.3. The van der Waals surface area contributed by atoms with Crippen LogP contribution in [0.1, 0.15) is 53.7 Å². The number of benzene rings is 1. The number of carbonyl (C=O) groups is 2. The third kappa shape index (κ3) is 4.77. The number of aromatic nitrogens is 2. The van der Waals surface area contributed by atoms with E-state index in [-0.39, 0.29) is 35.3 Å². The van der Waals surface area contributed by atoms with Crippen LogP contribution in [-0.4, -0.2) is 27.3 Å². The third-order valence-electron chi connectivity index (χ3n) is 5.70. The summed E-state index contributed by atoms with van der Waals surface area (Å²) in [6.07, 6.45) is 6.91. The van der Waals surface area contributed by atoms with Crippen LogP contribution in [0.3, 0.4) is 0 Å². The van der Waals surface area contributed by atoms with Gasteiger partial charge in [0, 0.05) is 28.0 Å². The van der Waals surface area contributed by atoms with E-state index in [1.807, 2.05) is 6.92 Å². The lowest BCUT2D eigenvalue weighted by Gasteiger charge is -2.23. The van der Waals surface area contributed by atoms with Crippen LogP contribution in [0.25, 0.3) is 11.0 Å². The van der Waals surface area contributed by atoms with Crippen molar-refractivity contribution in [1.29, 1.82) is 0 Å². The maximum atomic E-state index is 13.1. The summed E-state index contributed by atoms with van der Waals surface area (Å²) in [6.45, 7) is 1.83. The maximum absolute atomic E-state index is 13.1. The molecule has 1 saturated carbocycles. The number of hydrogen-bond acceptors (Lipinski definition) is 4. The fourth-order valence-corrected chi connectivity index (χ4v) is 4.34. The zero-order valence-corrected chi connectivity index (χ0v) is 18.9. The highest BCUT2D eigenvalue weighted by molar-refractivity contribution is 9.10. The van der Waals surface area contributed by atoms with Crippen LogP contribution in [0.2, 0.25) is 0 Å². The monoisotopic (exact) mass is 481 g/mol. The van der Waals surface area contributed by atoms with Gasteiger partial charge in [-0.05, 0) is 56.2 Å². The minimum Gasteiger partial charge on any atom is -0.352 e. The Labute approximate surface area is 188 Å². The standard InChI is InChI=1S/C24H24BrN3O3/c1-15-7-12-19-23(31)20(22(30)16-8-10-17(25)11-9-16)13-28(24(19)26-15)14-21(29)27-18-5-3-2-4-6-18/h7-13,18H,2-6,14H2,1H3,(H,27,29). The van der Waals surface area contributed by atoms with Crippen molar-refractivity contribution in [2.24, 2.45) is 0 Å². The number of fused-ring (bicyclic) bond motifs is 1. The minimum atomic E-state index is -0.376. The first-order chi connectivity index (χ1) is 14.9. The molecule has 4 rings (SSSR count). The largest absolute Gasteiger partial charge is 0.352 e. The van der Waals surface area contributed by atoms with Gasteiger partial charge in [-0.25, -0.2) is 4.98 Å². The first-order valence-electron chi connectivity index (χ1n) is 10.5. The fraction of sp³-hybridized carbons (Fsp3) is 0.333. The number of ketones is 1. The van der Waals surface area contributed by atoms with Gasteiger partial charge in [0.1, 0.15) is 12.2 Å². The molecule has 0 atom stereocenters. The molecule has 1 N–H and O–H groups in total. The molecule has 3 aromatic rings. The lowest BCUT2D eigenvalue weighted by atomic mass is 9.95. The number of pyridine rings is 2. The molecule has 1 amide bonds. The van der Waals surface area contributed by atoms with E-state index in [0.29, 0.717) is 16.6 Å². The molecule has 1 aliphatic rings. The Kier molecular flexibility index (Phi) is 6.32. The highest BCUT2D eigenvalue weighted by Gasteiger charge is 2.20. The molecule has 0 unspecified atom stereocenters. The SMILES string of the molecule is Cc1ccc2c(=O)c(C(=O)c3ccc(Br)cc3)cn(CC(=O)NC3CCCCC3)c2n1. The van der Waals surface area contributed by atoms with E-state index in [2.05, 4.69) is 26.2 Å². The Balaban J connectivity index is 1.72. The van der Waals surface area contributed by atoms with Gasteiger partial charge < -0.3 is 9.88 Å². The molecular weight excluding hydrogens is 458 g/mol. The average molecular weight is 482 g/mol. The van der Waals surface area contributed by atoms with Gasteiger partial charge in [0.2, 0.25) is 11.3 Å². The molecule has 0 spiro atoms. The summed E-state index contributed by atoms with van der Waals surface area (Å²) in [5.41, 5.74) is 1.22. The number of halogens is 1. The number of hydrogen-bond donors (Lipinski definition) is 1. The zero-order valence-electron chi connectivity index (χ0n) is 17.4. The van der Waals surface area contributed by atoms with Crippen molar-refractivity contribution in [3.8, 4) is 0 Å². The van der Waals surface area contributed by atoms with Crippen molar-refractivity contribution in [3.05, 3.63) is 74.1 Å². The van der Waals surface area contributed by atoms with Gasteiger partial charge in [-0.1, -0.05) is 35.2 Å². The van der Waals surface area contributed by atoms with Crippen molar-refractivity contribution in [1.82, 2.24) is 14.9 Å². The summed E-state index contributed by atoms with van der Waals surface area (Å²) in [5, 5.41) is 3.42. The average Bonchev–Trinajstić information content (AvgIpc) is 2.76. The number of nitrogens with one attached hydrogen (secondary N) is 1. The van der Waals surface area contributed by atoms with Gasteiger partial charge in [-0.3, -0.25) is 14.4 Å². The van der Waals surface area contributed by atoms with Crippen LogP contribution in [-0.2, 0) is 11.3 Å². The van der Waals surface area contributed by atoms with E-state index < -0.39 is 0 Å². The van der Waals surface area contributed by atoms with E-state index in [9.17, 15) is 14.4 Å². The summed E-state index contributed by atoms with van der Waals surface area (Å²) >= 11 is 3.35. The highest BCUT2D eigenvalue weighted by atomic mass is 79.9. The number of rotatable bonds is 5. The lowest BCUT2D eigenvalue weighted by Crippen LogP contribution is -2.38. The van der Waals surface area contributed by atoms with Gasteiger partial charge in [0.05, 0.1) is 10.9 Å². The Morgan fingerprint density at radius 3 is 2.52 bits per heavy atom. The van der Waals surface area contributed by atoms with Crippen LogP contribution in [0, 0.1) is 6.92 Å². The van der Waals surface area contributed by atoms with Crippen LogP contribution < -0.4 is 10.7 Å². The number of carbonyl (C=O) groups excluding carboxylic acids is 2. The molecule has 2 heterocycles. The van der Waals surface area contributed by atoms with E-state index in [1.54, 1.807) is 41.0 Å². The molecule has 0 radical (unpaired) electrons. The lowest BCUT2D eigenvalue weighted by molar-refractivity contribution is -0.122. The van der Waals surface area contributed by atoms with Gasteiger partial charge >= 0.3 is 0 Å². The fourth-order valence-electron chi connectivity index (χ4n) is 4.07. The molecule has 0 bridgehead atoms. The summed E-state index contributed by atoms with van der Waals surface area (Å²) in [4.78, 5) is 43.4. The molecule has 1 aliphatic carbocycles. The highest BCUT2D eigenvalue weighted by Crippen LogP contribution is 2.18. The second-order valence-corrected chi connectivity index (χ2v) is 8.98. The summed E-state index contributed by atoms with van der Waals surface area (Å²) in [6, 6.07) is 10.5. The van der Waals surface area contributed by atoms with Crippen LogP contribution in [0.15, 0.2) is 51.9 Å². The third-order valence-corrected chi connectivity index (χ3v) is 6.22. The predicted octanol–water partition coefficient (Wildman–Crippen LogP) is 4.15. The topological polar surface area (TPSA) is 81.1 Å². The molecule has 31 heavy (non-hydrogen) atoms. The van der Waals surface area contributed by atoms with Crippen LogP contribution >= 0.6 is 15.9 Å². The quantitative estimate of drug-likeness (QED) is 0.555. The Hall–Kier alpha value is -2.80. The summed E-state index contributed by atoms with van der Waals surface area (Å²) in [7, 11) is 0. The van der Waals surface area contributed by atoms with Gasteiger partial charge in [0.15, 0.2) is 5.78 Å². The summed E-state index contributed by atoms with van der Waals surface area (Å²) < 4.78 is 2.47. The predicted molar refractivity (Wildman–Crippen MR) is 123 cm³/mol. The zero-order chi connectivity index (χ0) is 22.0. The van der Waals surface area contributed by atoms with Crippen molar-refractivity contribution in [2.75, 3.05) is 0 Å². The second-order valence-electron chi connectivity index (χ2n) is 8.06. The van der Waals surface area contributed by atoms with E-state index in [1.165, 1.54) is 12.6 Å². The van der Waals surface area contributed by atoms with Gasteiger partial charge in [-0.15, -0.1) is 0 Å². The molecule has 1 aromatic carbocycles. The van der Waals surface area contributed by atoms with Crippen molar-refractivity contribution in [2.45, 2.75) is 51.6 Å². The van der Waals surface area contributed by atoms with Gasteiger partial charge in [0.25, 0.3) is 0 Å². The molecule has 0 aliphatic heterocycles. The second kappa shape index (κ2) is 9.14. The molecule has 6 nitrogen and oxygen atoms in total. The van der Waals surface area contributed by atoms with Crippen molar-refractivity contribution < 1.29 is 9.59 Å². The van der Waals surface area contributed by atoms with E-state index in [4.69, 9.17) is 0 Å². The van der Waals surface area contributed by atoms with E-state index >= 15 is 0 Å². The van der Waals surface area contributed by atoms with Crippen LogP contribution in [0.5, 0.6) is 0 Å². The summed E-state index contributed by atoms with van der Waals surface area (Å²) in [5.74, 6) is -0.511. The maximum Gasteiger partial charge on any atom is 0.240 e. The number of amides is 1. The first kappa shape index (κ1) is 21.4. The Morgan fingerprint density at radius 2 is 1.81 bits per heavy atom. The number of aryl methyl sites for hydroxylation is 1. The van der Waals surface area contributed by atoms with Gasteiger partial charge in [-0.2, -0.15) is 0 Å². The Morgan fingerprint density at radius 1 is 1.10 bits per heavy atom. The van der Waals surface area contributed by atoms with Crippen molar-refractivity contribution in [3.63, 3.8) is 0 Å². The molecule has 160 valence electrons. The smallest absolute Gasteiger partial charge is 0.240 e. The van der Waals surface area contributed by atoms with Crippen LogP contribution in [0.4, 0.5) is 0 Å². The molecule has 1 fully saturated rings. The van der Waals surface area contributed by atoms with E-state index in [0.717, 1.165) is 35.8 Å². The minimum absolute atomic E-state index is 0.00432. The molecule has 7 heteroatoms. The normalized spacial score (nSPS) is 14.5. The molecular formula is C24H24BrN3O3. The number of nitrogens with zero attached hydrogens (tertiary/aromatic N) is 2. The Bertz CT molecular complexity index is 1200. The molecule has 2 aromatic heterocycles. The van der Waals surface area contributed by atoms with Crippen molar-refractivity contribution >= 4 is 38.7 Å². The molecule has 0 saturated heterocycles.